The molecule has 1 amide bonds. The molecule has 0 bridgehead atoms. The summed E-state index contributed by atoms with van der Waals surface area (Å²) in [6.45, 7) is 3.67. The van der Waals surface area contributed by atoms with Crippen molar-refractivity contribution in [3.63, 3.8) is 0 Å². The van der Waals surface area contributed by atoms with Crippen LogP contribution in [0.4, 0.5) is 0 Å². The van der Waals surface area contributed by atoms with Crippen molar-refractivity contribution in [2.75, 3.05) is 26.7 Å². The van der Waals surface area contributed by atoms with Gasteiger partial charge in [0.05, 0.1) is 13.2 Å². The summed E-state index contributed by atoms with van der Waals surface area (Å²) < 4.78 is 32.9. The van der Waals surface area contributed by atoms with Gasteiger partial charge in [0.15, 0.2) is 0 Å². The molecule has 1 aromatic carbocycles. The molecular formula is C20H24N2O4S2. The Kier molecular flexibility index (Phi) is 5.20. The van der Waals surface area contributed by atoms with Gasteiger partial charge < -0.3 is 9.64 Å². The predicted molar refractivity (Wildman–Crippen MR) is 108 cm³/mol. The van der Waals surface area contributed by atoms with Crippen LogP contribution in [-0.4, -0.2) is 50.3 Å². The van der Waals surface area contributed by atoms with Crippen LogP contribution in [0.25, 0.3) is 0 Å². The second-order valence-electron chi connectivity index (χ2n) is 7.20. The van der Waals surface area contributed by atoms with E-state index in [1.54, 1.807) is 23.5 Å². The van der Waals surface area contributed by atoms with Gasteiger partial charge in [-0.1, -0.05) is 0 Å². The van der Waals surface area contributed by atoms with E-state index in [0.29, 0.717) is 25.2 Å². The molecule has 0 unspecified atom stereocenters. The maximum atomic E-state index is 13.2. The summed E-state index contributed by atoms with van der Waals surface area (Å²) in [6, 6.07) is 6.76. The van der Waals surface area contributed by atoms with Gasteiger partial charge in [0.2, 0.25) is 10.0 Å². The molecule has 2 aliphatic heterocycles. The average molecular weight is 421 g/mol. The Hall–Kier alpha value is -1.90. The minimum atomic E-state index is -3.68. The monoisotopic (exact) mass is 420 g/mol. The second kappa shape index (κ2) is 7.50. The predicted octanol–water partition coefficient (Wildman–Crippen LogP) is 3.30. The maximum Gasteiger partial charge on any atom is 0.254 e. The molecule has 0 N–H and O–H groups in total. The van der Waals surface area contributed by atoms with E-state index in [4.69, 9.17) is 4.74 Å². The van der Waals surface area contributed by atoms with Crippen molar-refractivity contribution in [1.29, 1.82) is 0 Å². The molecule has 0 aliphatic carbocycles. The van der Waals surface area contributed by atoms with Crippen LogP contribution in [0.5, 0.6) is 5.75 Å². The van der Waals surface area contributed by atoms with Crippen LogP contribution in [-0.2, 0) is 16.4 Å². The number of carbonyl (C=O) groups excluding carboxylic acids is 1. The van der Waals surface area contributed by atoms with Crippen LogP contribution < -0.4 is 4.74 Å². The Labute approximate surface area is 169 Å². The molecule has 1 atom stereocenters. The smallest absolute Gasteiger partial charge is 0.254 e. The highest BCUT2D eigenvalue weighted by Gasteiger charge is 2.33. The zero-order valence-electron chi connectivity index (χ0n) is 16.1. The average Bonchev–Trinajstić information content (AvgIpc) is 3.39. The Balaban J connectivity index is 1.68. The van der Waals surface area contributed by atoms with E-state index in [-0.39, 0.29) is 22.6 Å². The molecule has 0 saturated carbocycles. The number of nitrogens with zero attached hydrogens (tertiary/aromatic N) is 2. The van der Waals surface area contributed by atoms with E-state index in [0.717, 1.165) is 19.3 Å². The number of amides is 1. The fourth-order valence-electron chi connectivity index (χ4n) is 4.03. The Morgan fingerprint density at radius 1 is 1.18 bits per heavy atom. The number of hydrogen-bond donors (Lipinski definition) is 0. The Morgan fingerprint density at radius 2 is 1.93 bits per heavy atom. The normalized spacial score (nSPS) is 20.2. The topological polar surface area (TPSA) is 66.9 Å². The molecule has 4 rings (SSSR count). The van der Waals surface area contributed by atoms with Gasteiger partial charge in [-0.15, -0.1) is 11.3 Å². The number of rotatable bonds is 4. The first-order valence-corrected chi connectivity index (χ1v) is 11.8. The third-order valence-corrected chi connectivity index (χ3v) is 8.55. The van der Waals surface area contributed by atoms with Crippen molar-refractivity contribution >= 4 is 27.3 Å². The SMILES string of the molecule is COc1ccc(C(=O)N2CCc3sccc3[C@@H]2C)cc1S(=O)(=O)N1CCCC1. The second-order valence-corrected chi connectivity index (χ2v) is 10.1. The molecule has 2 aliphatic rings. The largest absolute Gasteiger partial charge is 0.495 e. The number of fused-ring (bicyclic) bond motifs is 1. The zero-order chi connectivity index (χ0) is 19.9. The lowest BCUT2D eigenvalue weighted by Crippen LogP contribution is -2.38. The number of hydrogen-bond acceptors (Lipinski definition) is 5. The molecule has 6 nitrogen and oxygen atoms in total. The summed E-state index contributed by atoms with van der Waals surface area (Å²) in [5.74, 6) is 0.125. The number of benzene rings is 1. The molecule has 0 spiro atoms. The molecular weight excluding hydrogens is 396 g/mol. The lowest BCUT2D eigenvalue weighted by Gasteiger charge is -2.34. The summed E-state index contributed by atoms with van der Waals surface area (Å²) >= 11 is 1.72. The van der Waals surface area contributed by atoms with Crippen LogP contribution in [0, 0.1) is 0 Å². The molecule has 1 fully saturated rings. The van der Waals surface area contributed by atoms with E-state index in [2.05, 4.69) is 11.4 Å². The Morgan fingerprint density at radius 3 is 2.64 bits per heavy atom. The standard InChI is InChI=1S/C20H24N2O4S2/c1-14-16-8-12-27-18(16)7-11-22(14)20(23)15-5-6-17(26-2)19(13-15)28(24,25)21-9-3-4-10-21/h5-6,8,12-14H,3-4,7,9-11H2,1-2H3/t14-/m0/s1. The first-order valence-electron chi connectivity index (χ1n) is 9.49. The van der Waals surface area contributed by atoms with Crippen molar-refractivity contribution in [1.82, 2.24) is 9.21 Å². The lowest BCUT2D eigenvalue weighted by atomic mass is 10.0. The highest BCUT2D eigenvalue weighted by molar-refractivity contribution is 7.89. The first kappa shape index (κ1) is 19.4. The van der Waals surface area contributed by atoms with Crippen LogP contribution >= 0.6 is 11.3 Å². The van der Waals surface area contributed by atoms with Crippen molar-refractivity contribution in [3.8, 4) is 5.75 Å². The number of methoxy groups -OCH3 is 1. The molecule has 0 radical (unpaired) electrons. The summed E-state index contributed by atoms with van der Waals surface area (Å²) in [7, 11) is -2.23. The van der Waals surface area contributed by atoms with Crippen LogP contribution in [0.15, 0.2) is 34.5 Å². The molecule has 2 aromatic rings. The molecule has 1 saturated heterocycles. The van der Waals surface area contributed by atoms with Crippen LogP contribution in [0.1, 0.15) is 46.6 Å². The molecule has 3 heterocycles. The summed E-state index contributed by atoms with van der Waals surface area (Å²) in [5.41, 5.74) is 1.56. The van der Waals surface area contributed by atoms with Gasteiger partial charge in [0.25, 0.3) is 5.91 Å². The molecule has 28 heavy (non-hydrogen) atoms. The minimum absolute atomic E-state index is 0.0248. The lowest BCUT2D eigenvalue weighted by molar-refractivity contribution is 0.0679. The van der Waals surface area contributed by atoms with Gasteiger partial charge in [-0.2, -0.15) is 4.31 Å². The van der Waals surface area contributed by atoms with Crippen molar-refractivity contribution in [3.05, 3.63) is 45.6 Å². The number of thiophene rings is 1. The maximum absolute atomic E-state index is 13.2. The van der Waals surface area contributed by atoms with Gasteiger partial charge >= 0.3 is 0 Å². The number of carbonyl (C=O) groups is 1. The van der Waals surface area contributed by atoms with Crippen LogP contribution in [0.3, 0.4) is 0 Å². The molecule has 8 heteroatoms. The third-order valence-electron chi connectivity index (χ3n) is 5.63. The minimum Gasteiger partial charge on any atom is -0.495 e. The quantitative estimate of drug-likeness (QED) is 0.761. The summed E-state index contributed by atoms with van der Waals surface area (Å²) in [5, 5.41) is 2.06. The van der Waals surface area contributed by atoms with Gasteiger partial charge in [-0.05, 0) is 61.4 Å². The zero-order valence-corrected chi connectivity index (χ0v) is 17.7. The van der Waals surface area contributed by atoms with Crippen molar-refractivity contribution in [2.45, 2.75) is 37.1 Å². The van der Waals surface area contributed by atoms with Gasteiger partial charge in [0, 0.05) is 30.1 Å². The van der Waals surface area contributed by atoms with Gasteiger partial charge in [-0.3, -0.25) is 4.79 Å². The first-order chi connectivity index (χ1) is 13.4. The van der Waals surface area contributed by atoms with Crippen molar-refractivity contribution < 1.29 is 17.9 Å². The van der Waals surface area contributed by atoms with E-state index in [1.165, 1.54) is 27.9 Å². The van der Waals surface area contributed by atoms with E-state index >= 15 is 0 Å². The number of sulfonamides is 1. The van der Waals surface area contributed by atoms with Gasteiger partial charge in [-0.25, -0.2) is 8.42 Å². The fraction of sp³-hybridized carbons (Fsp3) is 0.450. The van der Waals surface area contributed by atoms with E-state index < -0.39 is 10.0 Å². The summed E-state index contributed by atoms with van der Waals surface area (Å²) in [4.78, 5) is 16.4. The molecule has 1 aromatic heterocycles. The van der Waals surface area contributed by atoms with E-state index in [9.17, 15) is 13.2 Å². The fourth-order valence-corrected chi connectivity index (χ4v) is 6.69. The van der Waals surface area contributed by atoms with Crippen molar-refractivity contribution in [2.24, 2.45) is 0 Å². The van der Waals surface area contributed by atoms with E-state index in [1.807, 2.05) is 11.8 Å². The van der Waals surface area contributed by atoms with Crippen LogP contribution in [0.2, 0.25) is 0 Å². The molecule has 150 valence electrons. The number of ether oxygens (including phenoxy) is 1. The highest BCUT2D eigenvalue weighted by atomic mass is 32.2. The Bertz CT molecular complexity index is 993. The highest BCUT2D eigenvalue weighted by Crippen LogP contribution is 2.35. The van der Waals surface area contributed by atoms with Gasteiger partial charge in [0.1, 0.15) is 10.6 Å². The summed E-state index contributed by atoms with van der Waals surface area (Å²) in [6.07, 6.45) is 2.54. The third kappa shape index (κ3) is 3.23.